The molecule has 2 heterocycles. The number of hydrogen-bond acceptors (Lipinski definition) is 5. The molecule has 1 aromatic carbocycles. The molecule has 22 heavy (non-hydrogen) atoms. The van der Waals surface area contributed by atoms with E-state index < -0.39 is 0 Å². The van der Waals surface area contributed by atoms with Gasteiger partial charge in [-0.05, 0) is 17.5 Å². The van der Waals surface area contributed by atoms with E-state index in [2.05, 4.69) is 46.8 Å². The maximum atomic E-state index is 12.3. The van der Waals surface area contributed by atoms with Crippen LogP contribution in [0.1, 0.15) is 35.9 Å². The molecular weight excluding hydrogens is 320 g/mol. The molecule has 0 spiro atoms. The van der Waals surface area contributed by atoms with Crippen molar-refractivity contribution in [2.24, 2.45) is 0 Å². The van der Waals surface area contributed by atoms with Crippen molar-refractivity contribution < 1.29 is 4.79 Å². The molecule has 0 fully saturated rings. The monoisotopic (exact) mass is 338 g/mol. The predicted octanol–water partition coefficient (Wildman–Crippen LogP) is 2.74. The van der Waals surface area contributed by atoms with Gasteiger partial charge in [0.1, 0.15) is 5.01 Å². The molecule has 1 amide bonds. The van der Waals surface area contributed by atoms with Crippen LogP contribution in [0.25, 0.3) is 0 Å². The summed E-state index contributed by atoms with van der Waals surface area (Å²) >= 11 is 1.44. The fraction of sp³-hybridized carbons (Fsp3) is 0.400. The highest BCUT2D eigenvalue weighted by Gasteiger charge is 2.24. The van der Waals surface area contributed by atoms with E-state index in [-0.39, 0.29) is 24.4 Å². The van der Waals surface area contributed by atoms with E-state index in [0.717, 1.165) is 11.6 Å². The second-order valence-electron chi connectivity index (χ2n) is 5.50. The first-order valence-electron chi connectivity index (χ1n) is 7.08. The molecule has 1 aliphatic heterocycles. The van der Waals surface area contributed by atoms with E-state index in [1.807, 2.05) is 12.1 Å². The molecule has 118 valence electrons. The summed E-state index contributed by atoms with van der Waals surface area (Å²) in [7, 11) is 0. The molecule has 1 atom stereocenters. The lowest BCUT2D eigenvalue weighted by Crippen LogP contribution is -2.44. The highest BCUT2D eigenvalue weighted by Crippen LogP contribution is 2.23. The van der Waals surface area contributed by atoms with Gasteiger partial charge in [-0.25, -0.2) is 0 Å². The average Bonchev–Trinajstić information content (AvgIpc) is 2.95. The normalized spacial score (nSPS) is 16.8. The second kappa shape index (κ2) is 7.17. The van der Waals surface area contributed by atoms with Gasteiger partial charge in [-0.3, -0.25) is 10.1 Å². The van der Waals surface area contributed by atoms with Gasteiger partial charge in [0, 0.05) is 12.5 Å². The van der Waals surface area contributed by atoms with Gasteiger partial charge in [0.05, 0.1) is 6.04 Å². The first-order chi connectivity index (χ1) is 10.1. The standard InChI is InChI=1S/C15H18N4OS.ClH/c1-9(2)14-18-19-15(21-14)17-13(20)12-7-10-5-3-4-6-11(10)8-16-12;/h3-6,9,12,16H,7-8H2,1-2H3,(H,17,19,20);1H. The number of hydrogen-bond donors (Lipinski definition) is 2. The third-order valence-corrected chi connectivity index (χ3v) is 4.70. The highest BCUT2D eigenvalue weighted by atomic mass is 35.5. The van der Waals surface area contributed by atoms with Crippen LogP contribution in [-0.4, -0.2) is 22.1 Å². The third-order valence-electron chi connectivity index (χ3n) is 3.56. The first kappa shape index (κ1) is 16.9. The van der Waals surface area contributed by atoms with Gasteiger partial charge in [0.15, 0.2) is 0 Å². The molecule has 3 rings (SSSR count). The van der Waals surface area contributed by atoms with Crippen LogP contribution in [0.15, 0.2) is 24.3 Å². The van der Waals surface area contributed by atoms with Gasteiger partial charge in [0.2, 0.25) is 11.0 Å². The number of fused-ring (bicyclic) bond motifs is 1. The van der Waals surface area contributed by atoms with Crippen LogP contribution < -0.4 is 10.6 Å². The molecule has 0 saturated heterocycles. The predicted molar refractivity (Wildman–Crippen MR) is 90.6 cm³/mol. The molecule has 0 bridgehead atoms. The second-order valence-corrected chi connectivity index (χ2v) is 6.50. The number of amides is 1. The number of rotatable bonds is 3. The number of benzene rings is 1. The van der Waals surface area contributed by atoms with Crippen LogP contribution in [0.4, 0.5) is 5.13 Å². The fourth-order valence-electron chi connectivity index (χ4n) is 2.35. The molecule has 1 unspecified atom stereocenters. The van der Waals surface area contributed by atoms with Crippen LogP contribution in [0.2, 0.25) is 0 Å². The zero-order valence-electron chi connectivity index (χ0n) is 12.5. The molecule has 0 saturated carbocycles. The van der Waals surface area contributed by atoms with E-state index in [0.29, 0.717) is 17.5 Å². The van der Waals surface area contributed by atoms with E-state index in [4.69, 9.17) is 0 Å². The van der Waals surface area contributed by atoms with Crippen molar-refractivity contribution in [2.75, 3.05) is 5.32 Å². The number of carbonyl (C=O) groups excluding carboxylic acids is 1. The molecule has 1 aromatic heterocycles. The number of anilines is 1. The Kier molecular flexibility index (Phi) is 5.50. The molecule has 7 heteroatoms. The van der Waals surface area contributed by atoms with Crippen LogP contribution in [0.5, 0.6) is 0 Å². The first-order valence-corrected chi connectivity index (χ1v) is 7.89. The molecular formula is C15H19ClN4OS. The minimum absolute atomic E-state index is 0. The summed E-state index contributed by atoms with van der Waals surface area (Å²) in [4.78, 5) is 12.3. The van der Waals surface area contributed by atoms with Gasteiger partial charge in [0.25, 0.3) is 0 Å². The average molecular weight is 339 g/mol. The van der Waals surface area contributed by atoms with Crippen molar-refractivity contribution in [3.63, 3.8) is 0 Å². The van der Waals surface area contributed by atoms with Crippen molar-refractivity contribution in [1.82, 2.24) is 15.5 Å². The fourth-order valence-corrected chi connectivity index (χ4v) is 3.10. The van der Waals surface area contributed by atoms with Crippen molar-refractivity contribution in [3.05, 3.63) is 40.4 Å². The number of aromatic nitrogens is 2. The largest absolute Gasteiger partial charge is 0.301 e. The Morgan fingerprint density at radius 2 is 2.05 bits per heavy atom. The summed E-state index contributed by atoms with van der Waals surface area (Å²) in [6.07, 6.45) is 0.706. The summed E-state index contributed by atoms with van der Waals surface area (Å²) < 4.78 is 0. The Hall–Kier alpha value is -1.50. The topological polar surface area (TPSA) is 66.9 Å². The molecule has 0 radical (unpaired) electrons. The lowest BCUT2D eigenvalue weighted by atomic mass is 9.95. The maximum Gasteiger partial charge on any atom is 0.243 e. The van der Waals surface area contributed by atoms with Crippen LogP contribution in [0.3, 0.4) is 0 Å². The van der Waals surface area contributed by atoms with Gasteiger partial charge >= 0.3 is 0 Å². The number of nitrogens with one attached hydrogen (secondary N) is 2. The molecule has 5 nitrogen and oxygen atoms in total. The SMILES string of the molecule is CC(C)c1nnc(NC(=O)C2Cc3ccccc3CN2)s1.Cl. The Bertz CT molecular complexity index is 658. The minimum atomic E-state index is -0.216. The summed E-state index contributed by atoms with van der Waals surface area (Å²) in [5, 5.41) is 15.7. The van der Waals surface area contributed by atoms with Gasteiger partial charge in [-0.1, -0.05) is 49.4 Å². The quantitative estimate of drug-likeness (QED) is 0.903. The minimum Gasteiger partial charge on any atom is -0.301 e. The van der Waals surface area contributed by atoms with Gasteiger partial charge < -0.3 is 5.32 Å². The number of halogens is 1. The summed E-state index contributed by atoms with van der Waals surface area (Å²) in [6.45, 7) is 4.85. The highest BCUT2D eigenvalue weighted by molar-refractivity contribution is 7.15. The van der Waals surface area contributed by atoms with E-state index in [1.54, 1.807) is 0 Å². The lowest BCUT2D eigenvalue weighted by molar-refractivity contribution is -0.118. The molecule has 1 aliphatic rings. The zero-order valence-corrected chi connectivity index (χ0v) is 14.1. The van der Waals surface area contributed by atoms with Crippen molar-refractivity contribution >= 4 is 34.8 Å². The Morgan fingerprint density at radius 3 is 2.73 bits per heavy atom. The van der Waals surface area contributed by atoms with E-state index >= 15 is 0 Å². The van der Waals surface area contributed by atoms with Crippen molar-refractivity contribution in [1.29, 1.82) is 0 Å². The van der Waals surface area contributed by atoms with Crippen molar-refractivity contribution in [3.8, 4) is 0 Å². The van der Waals surface area contributed by atoms with E-state index in [9.17, 15) is 4.79 Å². The van der Waals surface area contributed by atoms with Crippen molar-refractivity contribution in [2.45, 2.75) is 38.8 Å². The lowest BCUT2D eigenvalue weighted by Gasteiger charge is -2.24. The van der Waals surface area contributed by atoms with Crippen LogP contribution in [-0.2, 0) is 17.8 Å². The zero-order chi connectivity index (χ0) is 14.8. The third kappa shape index (κ3) is 3.63. The van der Waals surface area contributed by atoms with Crippen LogP contribution in [0, 0.1) is 0 Å². The Labute approximate surface area is 139 Å². The Balaban J connectivity index is 0.00000176. The summed E-state index contributed by atoms with van der Waals surface area (Å²) in [5.74, 6) is 0.281. The number of carbonyl (C=O) groups is 1. The number of nitrogens with zero attached hydrogens (tertiary/aromatic N) is 2. The van der Waals surface area contributed by atoms with Gasteiger partial charge in [-0.2, -0.15) is 0 Å². The summed E-state index contributed by atoms with van der Waals surface area (Å²) in [6, 6.07) is 7.99. The van der Waals surface area contributed by atoms with Gasteiger partial charge in [-0.15, -0.1) is 22.6 Å². The smallest absolute Gasteiger partial charge is 0.243 e. The van der Waals surface area contributed by atoms with E-state index in [1.165, 1.54) is 22.5 Å². The molecule has 2 N–H and O–H groups in total. The molecule has 0 aliphatic carbocycles. The molecule has 2 aromatic rings. The summed E-state index contributed by atoms with van der Waals surface area (Å²) in [5.41, 5.74) is 2.50. The maximum absolute atomic E-state index is 12.3. The van der Waals surface area contributed by atoms with Crippen LogP contribution >= 0.6 is 23.7 Å². The Morgan fingerprint density at radius 1 is 1.32 bits per heavy atom.